The van der Waals surface area contributed by atoms with E-state index < -0.39 is 11.9 Å². The minimum Gasteiger partial charge on any atom is -0.482 e. The normalized spacial score (nSPS) is 10.2. The molecule has 0 saturated heterocycles. The highest BCUT2D eigenvalue weighted by Crippen LogP contribution is 2.30. The smallest absolute Gasteiger partial charge is 0.344 e. The lowest BCUT2D eigenvalue weighted by Gasteiger charge is -2.08. The molecule has 0 aliphatic carbocycles. The van der Waals surface area contributed by atoms with Crippen molar-refractivity contribution in [2.75, 3.05) is 20.3 Å². The molecule has 0 radical (unpaired) electrons. The van der Waals surface area contributed by atoms with Gasteiger partial charge < -0.3 is 18.8 Å². The van der Waals surface area contributed by atoms with Crippen LogP contribution in [0.3, 0.4) is 0 Å². The third-order valence-electron chi connectivity index (χ3n) is 2.94. The first-order chi connectivity index (χ1) is 9.53. The van der Waals surface area contributed by atoms with E-state index in [4.69, 9.17) is 14.2 Å². The second-order valence-corrected chi connectivity index (χ2v) is 4.03. The maximum Gasteiger partial charge on any atom is 0.344 e. The summed E-state index contributed by atoms with van der Waals surface area (Å²) in [4.78, 5) is 24.2. The van der Waals surface area contributed by atoms with Crippen LogP contribution in [0.2, 0.25) is 0 Å². The van der Waals surface area contributed by atoms with Crippen molar-refractivity contribution < 1.29 is 23.8 Å². The number of carbonyl (C=O) groups is 2. The number of methoxy groups -OCH3 is 1. The Morgan fingerprint density at radius 3 is 1.90 bits per heavy atom. The van der Waals surface area contributed by atoms with Gasteiger partial charge >= 0.3 is 11.9 Å². The van der Waals surface area contributed by atoms with Gasteiger partial charge in [0.15, 0.2) is 0 Å². The van der Waals surface area contributed by atoms with Crippen LogP contribution in [-0.4, -0.2) is 36.8 Å². The van der Waals surface area contributed by atoms with Gasteiger partial charge in [0.25, 0.3) is 0 Å². The molecule has 0 aliphatic heterocycles. The van der Waals surface area contributed by atoms with Gasteiger partial charge in [-0.1, -0.05) is 0 Å². The minimum absolute atomic E-state index is 0.132. The van der Waals surface area contributed by atoms with Crippen LogP contribution in [-0.2, 0) is 16.0 Å². The molecule has 0 amide bonds. The van der Waals surface area contributed by atoms with E-state index in [1.165, 1.54) is 7.11 Å². The Kier molecular flexibility index (Phi) is 5.61. The Hall–Kier alpha value is -1.98. The van der Waals surface area contributed by atoms with Gasteiger partial charge in [-0.2, -0.15) is 0 Å². The van der Waals surface area contributed by atoms with Gasteiger partial charge in [-0.05, 0) is 27.7 Å². The molecule has 0 unspecified atom stereocenters. The average Bonchev–Trinajstić information content (AvgIpc) is 2.71. The molecule has 0 N–H and O–H groups in total. The first-order valence-corrected chi connectivity index (χ1v) is 6.64. The summed E-state index contributed by atoms with van der Waals surface area (Å²) >= 11 is 0. The van der Waals surface area contributed by atoms with E-state index in [0.29, 0.717) is 18.1 Å². The summed E-state index contributed by atoms with van der Waals surface area (Å²) in [6.07, 6.45) is 0. The van der Waals surface area contributed by atoms with Crippen molar-refractivity contribution in [3.8, 4) is 5.88 Å². The fourth-order valence-corrected chi connectivity index (χ4v) is 2.15. The number of nitrogens with zero attached hydrogens (tertiary/aromatic N) is 1. The van der Waals surface area contributed by atoms with E-state index in [1.807, 2.05) is 6.92 Å². The molecule has 0 fully saturated rings. The van der Waals surface area contributed by atoms with E-state index in [0.717, 1.165) is 0 Å². The van der Waals surface area contributed by atoms with E-state index in [-0.39, 0.29) is 24.3 Å². The number of rotatable bonds is 6. The highest BCUT2D eigenvalue weighted by atomic mass is 16.5. The van der Waals surface area contributed by atoms with Gasteiger partial charge in [0.1, 0.15) is 5.56 Å². The number of esters is 2. The fraction of sp³-hybridized carbons (Fsp3) is 0.571. The Morgan fingerprint density at radius 2 is 1.50 bits per heavy atom. The van der Waals surface area contributed by atoms with Crippen LogP contribution >= 0.6 is 0 Å². The standard InChI is InChI=1S/C14H21NO5/c1-6-15-9(4)10(13(16)19-7-2)11(12(15)18-5)14(17)20-8-3/h6-8H2,1-5H3. The first kappa shape index (κ1) is 16.1. The summed E-state index contributed by atoms with van der Waals surface area (Å²) < 4.78 is 17.1. The molecule has 0 bridgehead atoms. The third-order valence-corrected chi connectivity index (χ3v) is 2.94. The topological polar surface area (TPSA) is 66.8 Å². The summed E-state index contributed by atoms with van der Waals surface area (Å²) in [5.41, 5.74) is 0.974. The number of ether oxygens (including phenoxy) is 3. The average molecular weight is 283 g/mol. The SMILES string of the molecule is CCOC(=O)c1c(C(=O)OCC)c(OC)n(CC)c1C. The number of carbonyl (C=O) groups excluding carboxylic acids is 2. The lowest BCUT2D eigenvalue weighted by molar-refractivity contribution is 0.0477. The number of hydrogen-bond acceptors (Lipinski definition) is 5. The zero-order valence-corrected chi connectivity index (χ0v) is 12.6. The molecule has 6 nitrogen and oxygen atoms in total. The van der Waals surface area contributed by atoms with E-state index in [9.17, 15) is 9.59 Å². The van der Waals surface area contributed by atoms with Gasteiger partial charge in [0.05, 0.1) is 25.9 Å². The van der Waals surface area contributed by atoms with Crippen LogP contribution in [0.15, 0.2) is 0 Å². The second kappa shape index (κ2) is 6.98. The van der Waals surface area contributed by atoms with Gasteiger partial charge in [-0.15, -0.1) is 0 Å². The number of aromatic nitrogens is 1. The molecule has 112 valence electrons. The highest BCUT2D eigenvalue weighted by Gasteiger charge is 2.31. The molecule has 1 rings (SSSR count). The molecule has 20 heavy (non-hydrogen) atoms. The van der Waals surface area contributed by atoms with Gasteiger partial charge in [-0.25, -0.2) is 9.59 Å². The minimum atomic E-state index is -0.581. The molecule has 0 spiro atoms. The van der Waals surface area contributed by atoms with Crippen molar-refractivity contribution in [2.45, 2.75) is 34.2 Å². The molecular formula is C14H21NO5. The van der Waals surface area contributed by atoms with E-state index in [1.54, 1.807) is 25.3 Å². The second-order valence-electron chi connectivity index (χ2n) is 4.03. The van der Waals surface area contributed by atoms with Crippen LogP contribution in [0.1, 0.15) is 47.2 Å². The maximum absolute atomic E-state index is 12.1. The molecule has 6 heteroatoms. The van der Waals surface area contributed by atoms with E-state index in [2.05, 4.69) is 0 Å². The Bertz CT molecular complexity index is 504. The van der Waals surface area contributed by atoms with Crippen LogP contribution in [0.4, 0.5) is 0 Å². The third kappa shape index (κ3) is 2.79. The van der Waals surface area contributed by atoms with Crippen molar-refractivity contribution in [3.05, 3.63) is 16.8 Å². The van der Waals surface area contributed by atoms with Crippen molar-refractivity contribution in [2.24, 2.45) is 0 Å². The van der Waals surface area contributed by atoms with Crippen molar-refractivity contribution >= 4 is 11.9 Å². The summed E-state index contributed by atoms with van der Waals surface area (Å²) in [7, 11) is 1.46. The molecule has 1 heterocycles. The largest absolute Gasteiger partial charge is 0.482 e. The number of hydrogen-bond donors (Lipinski definition) is 0. The first-order valence-electron chi connectivity index (χ1n) is 6.64. The molecule has 0 aliphatic rings. The van der Waals surface area contributed by atoms with Crippen LogP contribution in [0, 0.1) is 6.92 Å². The van der Waals surface area contributed by atoms with Crippen LogP contribution in [0.25, 0.3) is 0 Å². The predicted molar refractivity (Wildman–Crippen MR) is 73.3 cm³/mol. The van der Waals surface area contributed by atoms with Crippen molar-refractivity contribution in [1.29, 1.82) is 0 Å². The molecule has 0 atom stereocenters. The predicted octanol–water partition coefficient (Wildman–Crippen LogP) is 2.18. The summed E-state index contributed by atoms with van der Waals surface area (Å²) in [5.74, 6) is -0.798. The molecule has 1 aromatic heterocycles. The Labute approximate surface area is 118 Å². The summed E-state index contributed by atoms with van der Waals surface area (Å²) in [5, 5.41) is 0. The lowest BCUT2D eigenvalue weighted by atomic mass is 10.1. The maximum atomic E-state index is 12.1. The monoisotopic (exact) mass is 283 g/mol. The van der Waals surface area contributed by atoms with Crippen LogP contribution in [0.5, 0.6) is 5.88 Å². The van der Waals surface area contributed by atoms with Gasteiger partial charge in [0.2, 0.25) is 5.88 Å². The van der Waals surface area contributed by atoms with Crippen molar-refractivity contribution in [3.63, 3.8) is 0 Å². The zero-order chi connectivity index (χ0) is 15.3. The van der Waals surface area contributed by atoms with Crippen molar-refractivity contribution in [1.82, 2.24) is 4.57 Å². The summed E-state index contributed by atoms with van der Waals surface area (Å²) in [6.45, 7) is 8.10. The molecule has 0 saturated carbocycles. The van der Waals surface area contributed by atoms with Gasteiger partial charge in [-0.3, -0.25) is 0 Å². The Balaban J connectivity index is 3.49. The molecule has 0 aromatic carbocycles. The lowest BCUT2D eigenvalue weighted by Crippen LogP contribution is -2.13. The summed E-state index contributed by atoms with van der Waals surface area (Å²) in [6, 6.07) is 0. The fourth-order valence-electron chi connectivity index (χ4n) is 2.15. The Morgan fingerprint density at radius 1 is 1.00 bits per heavy atom. The molecular weight excluding hydrogens is 262 g/mol. The zero-order valence-electron chi connectivity index (χ0n) is 12.6. The quantitative estimate of drug-likeness (QED) is 0.749. The van der Waals surface area contributed by atoms with Crippen LogP contribution < -0.4 is 4.74 Å². The van der Waals surface area contributed by atoms with E-state index >= 15 is 0 Å². The van der Waals surface area contributed by atoms with Gasteiger partial charge in [0, 0.05) is 12.2 Å². The molecule has 1 aromatic rings. The highest BCUT2D eigenvalue weighted by molar-refractivity contribution is 6.06.